The van der Waals surface area contributed by atoms with Crippen molar-refractivity contribution in [2.24, 2.45) is 0 Å². The van der Waals surface area contributed by atoms with E-state index in [9.17, 15) is 4.39 Å². The molecule has 1 aliphatic heterocycles. The van der Waals surface area contributed by atoms with Crippen molar-refractivity contribution in [3.8, 4) is 16.9 Å². The molecule has 3 aromatic heterocycles. The molecular weight excluding hydrogens is 497 g/mol. The molecule has 0 atom stereocenters. The normalized spacial score (nSPS) is 15.2. The van der Waals surface area contributed by atoms with Crippen molar-refractivity contribution in [1.82, 2.24) is 19.7 Å². The Morgan fingerprint density at radius 1 is 1.07 bits per heavy atom. The van der Waals surface area contributed by atoms with Gasteiger partial charge in [-0.3, -0.25) is 0 Å². The number of anilines is 1. The third-order valence-electron chi connectivity index (χ3n) is 8.70. The van der Waals surface area contributed by atoms with Crippen LogP contribution in [0.3, 0.4) is 0 Å². The van der Waals surface area contributed by atoms with Gasteiger partial charge in [0.2, 0.25) is 0 Å². The average molecular weight is 534 g/mol. The molecule has 2 aromatic carbocycles. The van der Waals surface area contributed by atoms with Gasteiger partial charge < -0.3 is 9.88 Å². The first-order valence-corrected chi connectivity index (χ1v) is 14.8. The van der Waals surface area contributed by atoms with Crippen LogP contribution in [0.25, 0.3) is 27.8 Å². The van der Waals surface area contributed by atoms with Crippen LogP contribution in [-0.4, -0.2) is 26.3 Å². The number of benzene rings is 2. The monoisotopic (exact) mass is 533 g/mol. The summed E-state index contributed by atoms with van der Waals surface area (Å²) in [6.07, 6.45) is 10.3. The minimum Gasteiger partial charge on any atom is -0.359 e. The fourth-order valence-electron chi connectivity index (χ4n) is 6.55. The molecule has 4 heterocycles. The van der Waals surface area contributed by atoms with E-state index >= 15 is 0 Å². The van der Waals surface area contributed by atoms with Crippen molar-refractivity contribution in [3.05, 3.63) is 94.2 Å². The molecule has 0 bridgehead atoms. The van der Waals surface area contributed by atoms with Crippen molar-refractivity contribution < 1.29 is 4.39 Å². The fourth-order valence-corrected chi connectivity index (χ4v) is 6.55. The third-order valence-corrected chi connectivity index (χ3v) is 8.70. The van der Waals surface area contributed by atoms with Gasteiger partial charge in [-0.05, 0) is 79.0 Å². The van der Waals surface area contributed by atoms with Crippen molar-refractivity contribution >= 4 is 16.7 Å². The summed E-state index contributed by atoms with van der Waals surface area (Å²) in [6.45, 7) is 8.22. The van der Waals surface area contributed by atoms with Crippen molar-refractivity contribution in [2.45, 2.75) is 71.8 Å². The number of halogens is 1. The number of rotatable bonds is 7. The highest BCUT2D eigenvalue weighted by Crippen LogP contribution is 2.42. The molecule has 0 spiro atoms. The number of aromatic amines is 1. The molecule has 5 nitrogen and oxygen atoms in total. The summed E-state index contributed by atoms with van der Waals surface area (Å²) in [5, 5.41) is 6.21. The second-order valence-corrected chi connectivity index (χ2v) is 11.4. The lowest BCUT2D eigenvalue weighted by atomic mass is 9.96. The van der Waals surface area contributed by atoms with Crippen LogP contribution in [0.15, 0.2) is 54.9 Å². The molecule has 0 unspecified atom stereocenters. The Kier molecular flexibility index (Phi) is 6.21. The summed E-state index contributed by atoms with van der Waals surface area (Å²) in [5.41, 5.74) is 11.3. The van der Waals surface area contributed by atoms with Crippen molar-refractivity contribution in [2.75, 3.05) is 11.4 Å². The molecule has 0 radical (unpaired) electrons. The Hall–Kier alpha value is -3.93. The SMILES string of the molecule is CCCc1cccc(CC)c1-n1nc2c(c1-c1ccc(F)c3[nH]ccc13)CN(c1ncc(C3CC3)cc1C)CC2. The molecule has 6 heteroatoms. The first kappa shape index (κ1) is 25.1. The van der Waals surface area contributed by atoms with Gasteiger partial charge in [0.05, 0.1) is 22.6 Å². The number of hydrogen-bond acceptors (Lipinski definition) is 3. The van der Waals surface area contributed by atoms with E-state index in [1.165, 1.54) is 46.3 Å². The van der Waals surface area contributed by atoms with E-state index < -0.39 is 0 Å². The highest BCUT2D eigenvalue weighted by Gasteiger charge is 2.31. The second kappa shape index (κ2) is 9.92. The van der Waals surface area contributed by atoms with Crippen LogP contribution >= 0.6 is 0 Å². The van der Waals surface area contributed by atoms with Crippen LogP contribution in [0, 0.1) is 12.7 Å². The molecule has 0 saturated heterocycles. The first-order chi connectivity index (χ1) is 19.6. The van der Waals surface area contributed by atoms with Crippen molar-refractivity contribution in [3.63, 3.8) is 0 Å². The summed E-state index contributed by atoms with van der Waals surface area (Å²) >= 11 is 0. The van der Waals surface area contributed by atoms with E-state index in [1.54, 1.807) is 6.07 Å². The van der Waals surface area contributed by atoms with E-state index in [-0.39, 0.29) is 5.82 Å². The predicted molar refractivity (Wildman–Crippen MR) is 160 cm³/mol. The third kappa shape index (κ3) is 4.12. The molecule has 1 fully saturated rings. The Bertz CT molecular complexity index is 1720. The van der Waals surface area contributed by atoms with E-state index in [4.69, 9.17) is 10.1 Å². The number of aryl methyl sites for hydroxylation is 3. The van der Waals surface area contributed by atoms with E-state index in [0.717, 1.165) is 66.9 Å². The maximum atomic E-state index is 14.8. The molecule has 204 valence electrons. The largest absolute Gasteiger partial charge is 0.359 e. The predicted octanol–water partition coefficient (Wildman–Crippen LogP) is 7.82. The number of fused-ring (bicyclic) bond motifs is 2. The smallest absolute Gasteiger partial charge is 0.147 e. The van der Waals surface area contributed by atoms with Gasteiger partial charge in [0.15, 0.2) is 0 Å². The van der Waals surface area contributed by atoms with Crippen LogP contribution in [0.2, 0.25) is 0 Å². The van der Waals surface area contributed by atoms with Gasteiger partial charge in [-0.25, -0.2) is 14.1 Å². The number of nitrogens with zero attached hydrogens (tertiary/aromatic N) is 4. The number of pyridine rings is 1. The van der Waals surface area contributed by atoms with E-state index in [0.29, 0.717) is 11.4 Å². The number of hydrogen-bond donors (Lipinski definition) is 1. The Morgan fingerprint density at radius 3 is 2.70 bits per heavy atom. The number of aromatic nitrogens is 4. The quantitative estimate of drug-likeness (QED) is 0.232. The Labute approximate surface area is 235 Å². The number of nitrogens with one attached hydrogen (secondary N) is 1. The Morgan fingerprint density at radius 2 is 1.93 bits per heavy atom. The molecule has 1 aliphatic carbocycles. The van der Waals surface area contributed by atoms with Crippen molar-refractivity contribution in [1.29, 1.82) is 0 Å². The van der Waals surface area contributed by atoms with Gasteiger partial charge in [0.25, 0.3) is 0 Å². The van der Waals surface area contributed by atoms with Crippen LogP contribution in [0.4, 0.5) is 10.2 Å². The molecule has 1 N–H and O–H groups in total. The summed E-state index contributed by atoms with van der Waals surface area (Å²) in [6, 6.07) is 14.5. The van der Waals surface area contributed by atoms with Crippen LogP contribution in [-0.2, 0) is 25.8 Å². The van der Waals surface area contributed by atoms with Gasteiger partial charge in [-0.15, -0.1) is 0 Å². The minimum atomic E-state index is -0.235. The van der Waals surface area contributed by atoms with E-state index in [2.05, 4.69) is 65.8 Å². The molecule has 1 saturated carbocycles. The lowest BCUT2D eigenvalue weighted by Crippen LogP contribution is -2.31. The van der Waals surface area contributed by atoms with Gasteiger partial charge in [-0.2, -0.15) is 5.10 Å². The van der Waals surface area contributed by atoms with Gasteiger partial charge in [-0.1, -0.05) is 44.5 Å². The zero-order chi connectivity index (χ0) is 27.4. The lowest BCUT2D eigenvalue weighted by Gasteiger charge is -2.29. The average Bonchev–Trinajstić information content (AvgIpc) is 3.58. The van der Waals surface area contributed by atoms with Crippen LogP contribution in [0.5, 0.6) is 0 Å². The minimum absolute atomic E-state index is 0.235. The first-order valence-electron chi connectivity index (χ1n) is 14.8. The van der Waals surface area contributed by atoms with Crippen LogP contribution in [0.1, 0.15) is 72.5 Å². The van der Waals surface area contributed by atoms with Gasteiger partial charge in [0.1, 0.15) is 11.6 Å². The zero-order valence-electron chi connectivity index (χ0n) is 23.6. The number of H-pyrrole nitrogens is 1. The number of para-hydroxylation sites is 1. The van der Waals surface area contributed by atoms with E-state index in [1.807, 2.05) is 18.3 Å². The van der Waals surface area contributed by atoms with Crippen LogP contribution < -0.4 is 4.90 Å². The molecule has 7 rings (SSSR count). The molecule has 5 aromatic rings. The second-order valence-electron chi connectivity index (χ2n) is 11.4. The fraction of sp³-hybridized carbons (Fsp3) is 0.353. The topological polar surface area (TPSA) is 49.7 Å². The van der Waals surface area contributed by atoms with Gasteiger partial charge in [0, 0.05) is 48.4 Å². The molecule has 40 heavy (non-hydrogen) atoms. The molecular formula is C34H36FN5. The summed E-state index contributed by atoms with van der Waals surface area (Å²) in [4.78, 5) is 10.5. The highest BCUT2D eigenvalue weighted by molar-refractivity contribution is 5.96. The summed E-state index contributed by atoms with van der Waals surface area (Å²) in [7, 11) is 0. The maximum absolute atomic E-state index is 14.8. The molecule has 2 aliphatic rings. The summed E-state index contributed by atoms with van der Waals surface area (Å²) < 4.78 is 17.0. The highest BCUT2D eigenvalue weighted by atomic mass is 19.1. The summed E-state index contributed by atoms with van der Waals surface area (Å²) in [5.74, 6) is 1.51. The zero-order valence-corrected chi connectivity index (χ0v) is 23.6. The Balaban J connectivity index is 1.43. The maximum Gasteiger partial charge on any atom is 0.147 e. The lowest BCUT2D eigenvalue weighted by molar-refractivity contribution is 0.637. The standard InChI is InChI=1S/C34H36FN5/c1-4-7-24-9-6-8-22(5-2)32(24)40-33(27-12-13-29(35)31-26(27)14-16-36-31)28-20-39(17-15-30(28)38-40)34-21(3)18-25(19-37-34)23-10-11-23/h6,8-9,12-14,16,18-19,23,36H,4-5,7,10-11,15,17,20H2,1-3H3. The molecule has 0 amide bonds. The van der Waals surface area contributed by atoms with Gasteiger partial charge >= 0.3 is 0 Å².